The van der Waals surface area contributed by atoms with Gasteiger partial charge in [-0.2, -0.15) is 0 Å². The summed E-state index contributed by atoms with van der Waals surface area (Å²) in [4.78, 5) is 11.0. The monoisotopic (exact) mass is 219 g/mol. The number of nitrogens with one attached hydrogen (secondary N) is 1. The van der Waals surface area contributed by atoms with Gasteiger partial charge in [0.15, 0.2) is 0 Å². The highest BCUT2D eigenvalue weighted by Crippen LogP contribution is 2.11. The van der Waals surface area contributed by atoms with Crippen LogP contribution in [0.3, 0.4) is 0 Å². The average molecular weight is 220 g/mol. The molecule has 0 saturated heterocycles. The van der Waals surface area contributed by atoms with Crippen molar-refractivity contribution in [1.82, 2.24) is 5.32 Å². The predicted octanol–water partition coefficient (Wildman–Crippen LogP) is 1.71. The Bertz CT molecular complexity index is 145. The summed E-state index contributed by atoms with van der Waals surface area (Å²) >= 11 is 3.29. The minimum absolute atomic E-state index is 0.0277. The quantitative estimate of drug-likeness (QED) is 0.567. The van der Waals surface area contributed by atoms with Gasteiger partial charge >= 0.3 is 0 Å². The standard InChI is InChI=1S/C8H14BrNO/c1-4-5-10-8(11)7(9)6(2)3/h4,6-7H,1,5H2,2-3H3,(H,10,11). The number of hydrogen-bond donors (Lipinski definition) is 1. The van der Waals surface area contributed by atoms with Crippen molar-refractivity contribution in [2.24, 2.45) is 5.92 Å². The molecule has 1 atom stereocenters. The van der Waals surface area contributed by atoms with Crippen LogP contribution in [0.15, 0.2) is 12.7 Å². The van der Waals surface area contributed by atoms with Crippen LogP contribution in [-0.2, 0) is 4.79 Å². The molecule has 0 spiro atoms. The molecular formula is C8H14BrNO. The van der Waals surface area contributed by atoms with Crippen LogP contribution in [0.5, 0.6) is 0 Å². The van der Waals surface area contributed by atoms with Gasteiger partial charge in [0, 0.05) is 6.54 Å². The van der Waals surface area contributed by atoms with Crippen molar-refractivity contribution in [2.75, 3.05) is 6.54 Å². The largest absolute Gasteiger partial charge is 0.352 e. The van der Waals surface area contributed by atoms with E-state index in [4.69, 9.17) is 0 Å². The predicted molar refractivity (Wildman–Crippen MR) is 50.8 cm³/mol. The lowest BCUT2D eigenvalue weighted by Crippen LogP contribution is -2.33. The van der Waals surface area contributed by atoms with Gasteiger partial charge in [0.1, 0.15) is 0 Å². The van der Waals surface area contributed by atoms with Crippen molar-refractivity contribution in [1.29, 1.82) is 0 Å². The van der Waals surface area contributed by atoms with E-state index in [9.17, 15) is 4.79 Å². The van der Waals surface area contributed by atoms with E-state index in [0.29, 0.717) is 12.5 Å². The fraction of sp³-hybridized carbons (Fsp3) is 0.625. The Morgan fingerprint density at radius 1 is 1.73 bits per heavy atom. The first kappa shape index (κ1) is 10.7. The highest BCUT2D eigenvalue weighted by Gasteiger charge is 2.16. The summed E-state index contributed by atoms with van der Waals surface area (Å²) in [6, 6.07) is 0. The van der Waals surface area contributed by atoms with E-state index < -0.39 is 0 Å². The molecule has 0 saturated carbocycles. The number of amides is 1. The lowest BCUT2D eigenvalue weighted by molar-refractivity contribution is -0.120. The molecule has 2 nitrogen and oxygen atoms in total. The van der Waals surface area contributed by atoms with Crippen LogP contribution in [0.25, 0.3) is 0 Å². The molecule has 0 bridgehead atoms. The van der Waals surface area contributed by atoms with Crippen LogP contribution in [0.4, 0.5) is 0 Å². The maximum Gasteiger partial charge on any atom is 0.234 e. The van der Waals surface area contributed by atoms with E-state index in [1.165, 1.54) is 0 Å². The van der Waals surface area contributed by atoms with Gasteiger partial charge in [-0.25, -0.2) is 0 Å². The van der Waals surface area contributed by atoms with Crippen molar-refractivity contribution >= 4 is 21.8 Å². The molecule has 0 aliphatic rings. The van der Waals surface area contributed by atoms with Crippen LogP contribution >= 0.6 is 15.9 Å². The second kappa shape index (κ2) is 5.35. The third-order valence-corrected chi connectivity index (χ3v) is 2.73. The summed E-state index contributed by atoms with van der Waals surface area (Å²) in [6.07, 6.45) is 1.66. The number of hydrogen-bond acceptors (Lipinski definition) is 1. The van der Waals surface area contributed by atoms with Gasteiger partial charge in [0.05, 0.1) is 4.83 Å². The molecule has 1 amide bonds. The Balaban J connectivity index is 3.73. The first-order chi connectivity index (χ1) is 5.09. The van der Waals surface area contributed by atoms with E-state index in [2.05, 4.69) is 27.8 Å². The first-order valence-corrected chi connectivity index (χ1v) is 4.53. The van der Waals surface area contributed by atoms with Crippen LogP contribution in [-0.4, -0.2) is 17.3 Å². The molecule has 0 aliphatic heterocycles. The van der Waals surface area contributed by atoms with Crippen LogP contribution in [0.2, 0.25) is 0 Å². The summed E-state index contributed by atoms with van der Waals surface area (Å²) in [5, 5.41) is 2.71. The topological polar surface area (TPSA) is 29.1 Å². The summed E-state index contributed by atoms with van der Waals surface area (Å²) in [5.74, 6) is 0.347. The molecule has 0 aromatic rings. The lowest BCUT2D eigenvalue weighted by atomic mass is 10.1. The zero-order valence-electron chi connectivity index (χ0n) is 6.93. The van der Waals surface area contributed by atoms with Gasteiger partial charge in [0.25, 0.3) is 0 Å². The molecule has 11 heavy (non-hydrogen) atoms. The van der Waals surface area contributed by atoms with E-state index in [1.54, 1.807) is 6.08 Å². The van der Waals surface area contributed by atoms with E-state index in [-0.39, 0.29) is 10.7 Å². The first-order valence-electron chi connectivity index (χ1n) is 3.62. The maximum absolute atomic E-state index is 11.1. The van der Waals surface area contributed by atoms with E-state index in [1.807, 2.05) is 13.8 Å². The summed E-state index contributed by atoms with van der Waals surface area (Å²) < 4.78 is 0. The molecule has 0 radical (unpaired) electrons. The zero-order chi connectivity index (χ0) is 8.85. The van der Waals surface area contributed by atoms with Gasteiger partial charge in [0.2, 0.25) is 5.91 Å². The Labute approximate surface area is 76.2 Å². The second-order valence-corrected chi connectivity index (χ2v) is 3.67. The molecule has 0 rings (SSSR count). The Morgan fingerprint density at radius 2 is 2.27 bits per heavy atom. The van der Waals surface area contributed by atoms with Crippen LogP contribution in [0.1, 0.15) is 13.8 Å². The molecule has 64 valence electrons. The minimum Gasteiger partial charge on any atom is -0.352 e. The molecule has 0 aromatic heterocycles. The SMILES string of the molecule is C=CCNC(=O)C(Br)C(C)C. The number of rotatable bonds is 4. The van der Waals surface area contributed by atoms with Gasteiger partial charge < -0.3 is 5.32 Å². The number of halogens is 1. The molecule has 0 aromatic carbocycles. The van der Waals surface area contributed by atoms with Gasteiger partial charge in [-0.05, 0) is 5.92 Å². The normalized spacial score (nSPS) is 12.7. The number of carbonyl (C=O) groups is 1. The van der Waals surface area contributed by atoms with Crippen LogP contribution < -0.4 is 5.32 Å². The minimum atomic E-state index is -0.0950. The van der Waals surface area contributed by atoms with E-state index >= 15 is 0 Å². The van der Waals surface area contributed by atoms with Crippen molar-refractivity contribution < 1.29 is 4.79 Å². The van der Waals surface area contributed by atoms with Crippen molar-refractivity contribution in [2.45, 2.75) is 18.7 Å². The van der Waals surface area contributed by atoms with Gasteiger partial charge in [-0.3, -0.25) is 4.79 Å². The van der Waals surface area contributed by atoms with E-state index in [0.717, 1.165) is 0 Å². The fourth-order valence-electron chi connectivity index (χ4n) is 0.573. The molecule has 0 fully saturated rings. The molecule has 1 unspecified atom stereocenters. The summed E-state index contributed by atoms with van der Waals surface area (Å²) in [5.41, 5.74) is 0. The average Bonchev–Trinajstić information content (AvgIpc) is 1.98. The molecule has 0 aliphatic carbocycles. The molecule has 3 heteroatoms. The smallest absolute Gasteiger partial charge is 0.234 e. The van der Waals surface area contributed by atoms with Crippen molar-refractivity contribution in [3.05, 3.63) is 12.7 Å². The van der Waals surface area contributed by atoms with Gasteiger partial charge in [-0.1, -0.05) is 35.9 Å². The Kier molecular flexibility index (Phi) is 5.20. The summed E-state index contributed by atoms with van der Waals surface area (Å²) in [6.45, 7) is 8.03. The lowest BCUT2D eigenvalue weighted by Gasteiger charge is -2.12. The maximum atomic E-state index is 11.1. The fourth-order valence-corrected chi connectivity index (χ4v) is 0.735. The number of carbonyl (C=O) groups excluding carboxylic acids is 1. The highest BCUT2D eigenvalue weighted by atomic mass is 79.9. The third-order valence-electron chi connectivity index (χ3n) is 1.26. The van der Waals surface area contributed by atoms with Crippen LogP contribution in [0, 0.1) is 5.92 Å². The van der Waals surface area contributed by atoms with Crippen molar-refractivity contribution in [3.63, 3.8) is 0 Å². The second-order valence-electron chi connectivity index (χ2n) is 2.68. The van der Waals surface area contributed by atoms with Gasteiger partial charge in [-0.15, -0.1) is 6.58 Å². The zero-order valence-corrected chi connectivity index (χ0v) is 8.52. The Hall–Kier alpha value is -0.310. The third kappa shape index (κ3) is 4.19. The summed E-state index contributed by atoms with van der Waals surface area (Å²) in [7, 11) is 0. The number of alkyl halides is 1. The molecule has 0 heterocycles. The highest BCUT2D eigenvalue weighted by molar-refractivity contribution is 9.10. The molecular weight excluding hydrogens is 206 g/mol. The molecule has 1 N–H and O–H groups in total. The van der Waals surface area contributed by atoms with Crippen molar-refractivity contribution in [3.8, 4) is 0 Å². The Morgan fingerprint density at radius 3 is 2.64 bits per heavy atom.